The maximum Gasteiger partial charge on any atom is 0.0900 e. The second-order valence-corrected chi connectivity index (χ2v) is 5.92. The lowest BCUT2D eigenvalue weighted by molar-refractivity contribution is -0.0106. The van der Waals surface area contributed by atoms with Crippen molar-refractivity contribution in [2.24, 2.45) is 0 Å². The van der Waals surface area contributed by atoms with Crippen LogP contribution in [0.3, 0.4) is 0 Å². The third-order valence-electron chi connectivity index (χ3n) is 3.38. The third-order valence-corrected chi connectivity index (χ3v) is 3.38. The monoisotopic (exact) mass is 319 g/mol. The molecule has 5 nitrogen and oxygen atoms in total. The predicted molar refractivity (Wildman–Crippen MR) is 90.2 cm³/mol. The van der Waals surface area contributed by atoms with Gasteiger partial charge < -0.3 is 19.7 Å². The molecular weight excluding hydrogens is 282 g/mol. The fourth-order valence-corrected chi connectivity index (χ4v) is 2.21. The first-order valence-electron chi connectivity index (χ1n) is 8.87. The van der Waals surface area contributed by atoms with Crippen molar-refractivity contribution >= 4 is 0 Å². The van der Waals surface area contributed by atoms with Crippen molar-refractivity contribution in [2.45, 2.75) is 65.1 Å². The highest BCUT2D eigenvalue weighted by Gasteiger charge is 2.15. The molecular formula is C17H37NO4. The van der Waals surface area contributed by atoms with Crippen LogP contribution in [0.4, 0.5) is 0 Å². The maximum atomic E-state index is 10.0. The van der Waals surface area contributed by atoms with Gasteiger partial charge in [-0.3, -0.25) is 4.90 Å². The van der Waals surface area contributed by atoms with E-state index >= 15 is 0 Å². The van der Waals surface area contributed by atoms with Crippen LogP contribution in [-0.4, -0.2) is 73.4 Å². The smallest absolute Gasteiger partial charge is 0.0900 e. The highest BCUT2D eigenvalue weighted by atomic mass is 16.5. The summed E-state index contributed by atoms with van der Waals surface area (Å²) >= 11 is 0. The summed E-state index contributed by atoms with van der Waals surface area (Å²) in [6.45, 7) is 10.4. The van der Waals surface area contributed by atoms with E-state index in [0.717, 1.165) is 38.6 Å². The Balaban J connectivity index is 3.91. The van der Waals surface area contributed by atoms with Crippen LogP contribution in [0.25, 0.3) is 0 Å². The first-order chi connectivity index (χ1) is 10.6. The van der Waals surface area contributed by atoms with E-state index in [4.69, 9.17) is 9.47 Å². The Morgan fingerprint density at radius 3 is 1.59 bits per heavy atom. The van der Waals surface area contributed by atoms with Crippen molar-refractivity contribution in [1.82, 2.24) is 4.90 Å². The summed E-state index contributed by atoms with van der Waals surface area (Å²) < 4.78 is 10.9. The molecule has 0 spiro atoms. The van der Waals surface area contributed by atoms with Crippen LogP contribution in [0.2, 0.25) is 0 Å². The molecule has 0 aromatic heterocycles. The molecule has 0 saturated heterocycles. The molecule has 0 rings (SSSR count). The van der Waals surface area contributed by atoms with Crippen LogP contribution < -0.4 is 0 Å². The van der Waals surface area contributed by atoms with Crippen molar-refractivity contribution in [3.05, 3.63) is 0 Å². The van der Waals surface area contributed by atoms with Gasteiger partial charge in [-0.25, -0.2) is 0 Å². The number of hydrogen-bond donors (Lipinski definition) is 2. The Morgan fingerprint density at radius 1 is 0.773 bits per heavy atom. The zero-order valence-corrected chi connectivity index (χ0v) is 14.8. The number of aliphatic hydroxyl groups is 2. The Bertz CT molecular complexity index is 209. The van der Waals surface area contributed by atoms with Crippen LogP contribution in [0, 0.1) is 0 Å². The minimum absolute atomic E-state index is 0.364. The van der Waals surface area contributed by atoms with Gasteiger partial charge >= 0.3 is 0 Å². The van der Waals surface area contributed by atoms with Gasteiger partial charge in [0, 0.05) is 26.3 Å². The SMILES string of the molecule is CCCCOCC(O)CN(CCC)CC(O)COCCCC. The molecule has 22 heavy (non-hydrogen) atoms. The van der Waals surface area contributed by atoms with Gasteiger partial charge in [-0.1, -0.05) is 33.6 Å². The number of nitrogens with zero attached hydrogens (tertiary/aromatic N) is 1. The highest BCUT2D eigenvalue weighted by Crippen LogP contribution is 2.01. The Hall–Kier alpha value is -0.200. The maximum absolute atomic E-state index is 10.0. The fourth-order valence-electron chi connectivity index (χ4n) is 2.21. The van der Waals surface area contributed by atoms with Crippen LogP contribution in [0.5, 0.6) is 0 Å². The first-order valence-corrected chi connectivity index (χ1v) is 8.87. The molecule has 134 valence electrons. The largest absolute Gasteiger partial charge is 0.389 e. The lowest BCUT2D eigenvalue weighted by Crippen LogP contribution is -2.41. The molecule has 0 heterocycles. The molecule has 0 aliphatic heterocycles. The van der Waals surface area contributed by atoms with Gasteiger partial charge in [0.15, 0.2) is 0 Å². The summed E-state index contributed by atoms with van der Waals surface area (Å²) in [5, 5.41) is 20.0. The summed E-state index contributed by atoms with van der Waals surface area (Å²) in [4.78, 5) is 2.09. The van der Waals surface area contributed by atoms with Crippen LogP contribution >= 0.6 is 0 Å². The third kappa shape index (κ3) is 13.5. The van der Waals surface area contributed by atoms with Gasteiger partial charge in [0.05, 0.1) is 25.4 Å². The van der Waals surface area contributed by atoms with E-state index in [1.54, 1.807) is 0 Å². The van der Waals surface area contributed by atoms with E-state index in [9.17, 15) is 10.2 Å². The predicted octanol–water partition coefficient (Wildman–Crippen LogP) is 2.05. The summed E-state index contributed by atoms with van der Waals surface area (Å²) in [7, 11) is 0. The number of aliphatic hydroxyl groups excluding tert-OH is 2. The van der Waals surface area contributed by atoms with Crippen molar-refractivity contribution in [3.8, 4) is 0 Å². The standard InChI is InChI=1S/C17H37NO4/c1-4-7-10-21-14-16(19)12-18(9-6-3)13-17(20)15-22-11-8-5-2/h16-17,19-20H,4-15H2,1-3H3. The van der Waals surface area contributed by atoms with E-state index in [1.165, 1.54) is 0 Å². The summed E-state index contributed by atoms with van der Waals surface area (Å²) in [5.74, 6) is 0. The van der Waals surface area contributed by atoms with E-state index in [0.29, 0.717) is 39.5 Å². The Kier molecular flexibility index (Phi) is 15.5. The normalized spacial score (nSPS) is 14.5. The zero-order valence-electron chi connectivity index (χ0n) is 14.8. The summed E-state index contributed by atoms with van der Waals surface area (Å²) in [6.07, 6.45) is 4.24. The number of unbranched alkanes of at least 4 members (excludes halogenated alkanes) is 2. The van der Waals surface area contributed by atoms with Gasteiger partial charge in [-0.2, -0.15) is 0 Å². The number of hydrogen-bond acceptors (Lipinski definition) is 5. The second-order valence-electron chi connectivity index (χ2n) is 5.92. The molecule has 0 aromatic carbocycles. The van der Waals surface area contributed by atoms with Gasteiger partial charge in [0.1, 0.15) is 0 Å². The summed E-state index contributed by atoms with van der Waals surface area (Å²) in [5.41, 5.74) is 0. The Morgan fingerprint density at radius 2 is 1.23 bits per heavy atom. The van der Waals surface area contributed by atoms with E-state index < -0.39 is 12.2 Å². The summed E-state index contributed by atoms with van der Waals surface area (Å²) in [6, 6.07) is 0. The minimum atomic E-state index is -0.503. The first kappa shape index (κ1) is 21.8. The molecule has 0 aliphatic carbocycles. The van der Waals surface area contributed by atoms with E-state index in [2.05, 4.69) is 25.7 Å². The number of rotatable bonds is 16. The van der Waals surface area contributed by atoms with Gasteiger partial charge in [0.25, 0.3) is 0 Å². The van der Waals surface area contributed by atoms with Crippen LogP contribution in [-0.2, 0) is 9.47 Å². The molecule has 5 heteroatoms. The van der Waals surface area contributed by atoms with Crippen molar-refractivity contribution in [2.75, 3.05) is 46.1 Å². The minimum Gasteiger partial charge on any atom is -0.389 e. The van der Waals surface area contributed by atoms with Crippen molar-refractivity contribution in [3.63, 3.8) is 0 Å². The zero-order chi connectivity index (χ0) is 16.6. The van der Waals surface area contributed by atoms with E-state index in [1.807, 2.05) is 0 Å². The Labute approximate surface area is 136 Å². The lowest BCUT2D eigenvalue weighted by atomic mass is 10.2. The lowest BCUT2D eigenvalue weighted by Gasteiger charge is -2.26. The number of ether oxygens (including phenoxy) is 2. The molecule has 2 atom stereocenters. The fraction of sp³-hybridized carbons (Fsp3) is 1.00. The van der Waals surface area contributed by atoms with Gasteiger partial charge in [-0.15, -0.1) is 0 Å². The molecule has 0 aliphatic rings. The average Bonchev–Trinajstić information content (AvgIpc) is 2.48. The quantitative estimate of drug-likeness (QED) is 0.426. The average molecular weight is 319 g/mol. The molecule has 0 bridgehead atoms. The molecule has 0 fully saturated rings. The topological polar surface area (TPSA) is 62.2 Å². The highest BCUT2D eigenvalue weighted by molar-refractivity contribution is 4.68. The molecule has 2 unspecified atom stereocenters. The van der Waals surface area contributed by atoms with Gasteiger partial charge in [0.2, 0.25) is 0 Å². The molecule has 0 aromatic rings. The molecule has 2 N–H and O–H groups in total. The molecule has 0 amide bonds. The van der Waals surface area contributed by atoms with Gasteiger partial charge in [-0.05, 0) is 25.8 Å². The van der Waals surface area contributed by atoms with Crippen molar-refractivity contribution < 1.29 is 19.7 Å². The molecule has 0 saturated carbocycles. The van der Waals surface area contributed by atoms with Crippen molar-refractivity contribution in [1.29, 1.82) is 0 Å². The van der Waals surface area contributed by atoms with Crippen LogP contribution in [0.1, 0.15) is 52.9 Å². The molecule has 0 radical (unpaired) electrons. The second kappa shape index (κ2) is 15.7. The van der Waals surface area contributed by atoms with Crippen LogP contribution in [0.15, 0.2) is 0 Å². The van der Waals surface area contributed by atoms with E-state index in [-0.39, 0.29) is 0 Å².